The fraction of sp³-hybridized carbons (Fsp3) is 0.450. The van der Waals surface area contributed by atoms with Crippen molar-refractivity contribution in [2.75, 3.05) is 14.2 Å². The van der Waals surface area contributed by atoms with Crippen LogP contribution in [-0.2, 0) is 11.2 Å². The van der Waals surface area contributed by atoms with E-state index < -0.39 is 0 Å². The zero-order valence-electron chi connectivity index (χ0n) is 15.7. The van der Waals surface area contributed by atoms with Crippen LogP contribution in [0.1, 0.15) is 31.2 Å². The highest BCUT2D eigenvalue weighted by Gasteiger charge is 2.24. The van der Waals surface area contributed by atoms with E-state index in [-0.39, 0.29) is 18.1 Å². The van der Waals surface area contributed by atoms with Gasteiger partial charge in [0.1, 0.15) is 11.9 Å². The van der Waals surface area contributed by atoms with Gasteiger partial charge in [-0.1, -0.05) is 18.2 Å². The molecule has 0 aliphatic heterocycles. The van der Waals surface area contributed by atoms with E-state index in [4.69, 9.17) is 14.2 Å². The molecule has 1 aromatic carbocycles. The van der Waals surface area contributed by atoms with E-state index in [0.29, 0.717) is 18.2 Å². The van der Waals surface area contributed by atoms with Crippen molar-refractivity contribution in [2.24, 2.45) is 0 Å². The first-order valence-electron chi connectivity index (χ1n) is 9.12. The van der Waals surface area contributed by atoms with Gasteiger partial charge in [0, 0.05) is 11.6 Å². The van der Waals surface area contributed by atoms with Gasteiger partial charge >= 0.3 is 0 Å². The average Bonchev–Trinajstić information content (AvgIpc) is 2.70. The molecule has 0 bridgehead atoms. The molecule has 0 radical (unpaired) electrons. The monoisotopic (exact) mass is 371 g/mol. The van der Waals surface area contributed by atoms with Crippen LogP contribution in [-0.4, -0.2) is 42.2 Å². The molecule has 144 valence electrons. The second-order valence-electron chi connectivity index (χ2n) is 6.55. The third-order valence-corrected chi connectivity index (χ3v) is 4.67. The molecule has 0 unspecified atom stereocenters. The summed E-state index contributed by atoms with van der Waals surface area (Å²) in [5, 5.41) is 3.12. The summed E-state index contributed by atoms with van der Waals surface area (Å²) in [6.07, 6.45) is 7.00. The van der Waals surface area contributed by atoms with Crippen LogP contribution >= 0.6 is 0 Å². The van der Waals surface area contributed by atoms with Crippen molar-refractivity contribution in [3.8, 4) is 17.5 Å². The van der Waals surface area contributed by atoms with E-state index in [1.165, 1.54) is 0 Å². The quantitative estimate of drug-likeness (QED) is 0.805. The minimum absolute atomic E-state index is 0.0162. The Balaban J connectivity index is 1.45. The number of carbonyl (C=O) groups is 1. The van der Waals surface area contributed by atoms with Gasteiger partial charge in [-0.25, -0.2) is 0 Å². The van der Waals surface area contributed by atoms with Crippen molar-refractivity contribution in [1.82, 2.24) is 15.3 Å². The van der Waals surface area contributed by atoms with Crippen LogP contribution in [0.4, 0.5) is 0 Å². The van der Waals surface area contributed by atoms with Gasteiger partial charge in [-0.15, -0.1) is 0 Å². The Kier molecular flexibility index (Phi) is 6.46. The van der Waals surface area contributed by atoms with Crippen LogP contribution in [0.15, 0.2) is 36.7 Å². The molecule has 1 aliphatic rings. The van der Waals surface area contributed by atoms with E-state index in [0.717, 1.165) is 37.0 Å². The van der Waals surface area contributed by atoms with Crippen LogP contribution in [0.5, 0.6) is 17.5 Å². The lowest BCUT2D eigenvalue weighted by atomic mass is 9.92. The molecule has 1 heterocycles. The predicted molar refractivity (Wildman–Crippen MR) is 100 cm³/mol. The Bertz CT molecular complexity index is 760. The molecule has 0 atom stereocenters. The van der Waals surface area contributed by atoms with Crippen LogP contribution in [0.2, 0.25) is 0 Å². The number of para-hydroxylation sites is 1. The molecule has 1 N–H and O–H groups in total. The largest absolute Gasteiger partial charge is 0.496 e. The number of aromatic nitrogens is 2. The highest BCUT2D eigenvalue weighted by molar-refractivity contribution is 5.79. The Morgan fingerprint density at radius 1 is 1.07 bits per heavy atom. The number of nitrogens with one attached hydrogen (secondary N) is 1. The number of rotatable bonds is 7. The molecular weight excluding hydrogens is 346 g/mol. The fourth-order valence-corrected chi connectivity index (χ4v) is 3.28. The molecule has 1 saturated carbocycles. The first-order valence-corrected chi connectivity index (χ1v) is 9.12. The molecular formula is C20H25N3O4. The van der Waals surface area contributed by atoms with Gasteiger partial charge in [-0.3, -0.25) is 9.78 Å². The van der Waals surface area contributed by atoms with Crippen molar-refractivity contribution in [3.05, 3.63) is 42.2 Å². The van der Waals surface area contributed by atoms with Gasteiger partial charge in [0.05, 0.1) is 33.0 Å². The van der Waals surface area contributed by atoms with E-state index in [9.17, 15) is 4.79 Å². The van der Waals surface area contributed by atoms with Crippen LogP contribution in [0.25, 0.3) is 0 Å². The number of hydrogen-bond donors (Lipinski definition) is 1. The zero-order chi connectivity index (χ0) is 19.1. The number of ether oxygens (including phenoxy) is 3. The summed E-state index contributed by atoms with van der Waals surface area (Å²) in [6, 6.07) is 7.76. The number of nitrogens with zero attached hydrogens (tertiary/aromatic N) is 2. The van der Waals surface area contributed by atoms with Crippen molar-refractivity contribution in [1.29, 1.82) is 0 Å². The maximum atomic E-state index is 12.4. The van der Waals surface area contributed by atoms with E-state index in [2.05, 4.69) is 15.3 Å². The lowest BCUT2D eigenvalue weighted by Crippen LogP contribution is -2.40. The molecule has 7 heteroatoms. The van der Waals surface area contributed by atoms with E-state index >= 15 is 0 Å². The van der Waals surface area contributed by atoms with Crippen molar-refractivity contribution in [2.45, 2.75) is 44.2 Å². The number of amides is 1. The molecule has 0 saturated heterocycles. The Morgan fingerprint density at radius 3 is 2.56 bits per heavy atom. The molecule has 7 nitrogen and oxygen atoms in total. The summed E-state index contributed by atoms with van der Waals surface area (Å²) in [5.41, 5.74) is 0.895. The molecule has 1 amide bonds. The maximum absolute atomic E-state index is 12.4. The lowest BCUT2D eigenvalue weighted by Gasteiger charge is -2.29. The fourth-order valence-electron chi connectivity index (χ4n) is 3.28. The molecule has 1 aromatic heterocycles. The van der Waals surface area contributed by atoms with Crippen LogP contribution in [0.3, 0.4) is 0 Å². The summed E-state index contributed by atoms with van der Waals surface area (Å²) in [7, 11) is 3.16. The number of benzene rings is 1. The summed E-state index contributed by atoms with van der Waals surface area (Å²) in [5.74, 6) is 1.66. The molecule has 2 aromatic rings. The Morgan fingerprint density at radius 2 is 1.81 bits per heavy atom. The van der Waals surface area contributed by atoms with Crippen molar-refractivity contribution < 1.29 is 19.0 Å². The summed E-state index contributed by atoms with van der Waals surface area (Å²) in [6.45, 7) is 0. The topological polar surface area (TPSA) is 82.6 Å². The smallest absolute Gasteiger partial charge is 0.235 e. The molecule has 3 rings (SSSR count). The maximum Gasteiger partial charge on any atom is 0.235 e. The van der Waals surface area contributed by atoms with Crippen LogP contribution < -0.4 is 19.5 Å². The summed E-state index contributed by atoms with van der Waals surface area (Å²) in [4.78, 5) is 20.6. The van der Waals surface area contributed by atoms with Crippen molar-refractivity contribution in [3.63, 3.8) is 0 Å². The lowest BCUT2D eigenvalue weighted by molar-refractivity contribution is -0.121. The van der Waals surface area contributed by atoms with Gasteiger partial charge in [0.2, 0.25) is 17.7 Å². The molecule has 1 fully saturated rings. The first-order chi connectivity index (χ1) is 13.2. The number of methoxy groups -OCH3 is 2. The minimum atomic E-state index is 0.0162. The normalized spacial score (nSPS) is 19.2. The minimum Gasteiger partial charge on any atom is -0.496 e. The van der Waals surface area contributed by atoms with Gasteiger partial charge in [0.25, 0.3) is 0 Å². The van der Waals surface area contributed by atoms with Gasteiger partial charge in [-0.2, -0.15) is 4.98 Å². The highest BCUT2D eigenvalue weighted by Crippen LogP contribution is 2.24. The van der Waals surface area contributed by atoms with E-state index in [1.807, 2.05) is 24.3 Å². The standard InChI is InChI=1S/C20H25N3O4/c1-25-17-6-4-3-5-14(17)11-18(24)22-15-7-9-16(10-8-15)27-20-13-21-12-19(23-20)26-2/h3-6,12-13,15-16H,7-11H2,1-2H3,(H,22,24). The zero-order valence-corrected chi connectivity index (χ0v) is 15.7. The third kappa shape index (κ3) is 5.32. The van der Waals surface area contributed by atoms with Crippen LogP contribution in [0, 0.1) is 0 Å². The van der Waals surface area contributed by atoms with Gasteiger partial charge in [-0.05, 0) is 31.7 Å². The highest BCUT2D eigenvalue weighted by atomic mass is 16.5. The van der Waals surface area contributed by atoms with Crippen molar-refractivity contribution >= 4 is 5.91 Å². The summed E-state index contributed by atoms with van der Waals surface area (Å²) < 4.78 is 16.3. The Hall–Kier alpha value is -2.83. The summed E-state index contributed by atoms with van der Waals surface area (Å²) >= 11 is 0. The van der Waals surface area contributed by atoms with E-state index in [1.54, 1.807) is 26.6 Å². The molecule has 1 aliphatic carbocycles. The second-order valence-corrected chi connectivity index (χ2v) is 6.55. The third-order valence-electron chi connectivity index (χ3n) is 4.67. The predicted octanol–water partition coefficient (Wildman–Crippen LogP) is 2.54. The molecule has 27 heavy (non-hydrogen) atoms. The first kappa shape index (κ1) is 18.9. The van der Waals surface area contributed by atoms with Gasteiger partial charge < -0.3 is 19.5 Å². The Labute approximate surface area is 159 Å². The number of hydrogen-bond acceptors (Lipinski definition) is 6. The second kappa shape index (κ2) is 9.21. The average molecular weight is 371 g/mol. The molecule has 0 spiro atoms. The number of carbonyl (C=O) groups excluding carboxylic acids is 1. The van der Waals surface area contributed by atoms with Gasteiger partial charge in [0.15, 0.2) is 0 Å². The SMILES string of the molecule is COc1cncc(OC2CCC(NC(=O)Cc3ccccc3OC)CC2)n1.